The fourth-order valence-electron chi connectivity index (χ4n) is 3.13. The molecular weight excluding hydrogens is 428 g/mol. The molecule has 7 nitrogen and oxygen atoms in total. The minimum absolute atomic E-state index is 0.0443. The highest BCUT2D eigenvalue weighted by Gasteiger charge is 2.35. The normalized spacial score (nSPS) is 14.8. The molecule has 0 N–H and O–H groups in total. The van der Waals surface area contributed by atoms with Crippen LogP contribution in [0.2, 0.25) is 0 Å². The van der Waals surface area contributed by atoms with Gasteiger partial charge in [-0.25, -0.2) is 0 Å². The second-order valence-corrected chi connectivity index (χ2v) is 8.03. The van der Waals surface area contributed by atoms with E-state index in [1.54, 1.807) is 18.2 Å². The van der Waals surface area contributed by atoms with Gasteiger partial charge < -0.3 is 4.74 Å². The van der Waals surface area contributed by atoms with Gasteiger partial charge in [0.25, 0.3) is 16.8 Å². The maximum absolute atomic E-state index is 12.8. The fourth-order valence-corrected chi connectivity index (χ4v) is 3.97. The van der Waals surface area contributed by atoms with Crippen molar-refractivity contribution in [1.82, 2.24) is 4.90 Å². The summed E-state index contributed by atoms with van der Waals surface area (Å²) in [5.74, 6) is 0.265. The van der Waals surface area contributed by atoms with E-state index in [4.69, 9.17) is 4.74 Å². The first-order valence-electron chi connectivity index (χ1n) is 9.75. The summed E-state index contributed by atoms with van der Waals surface area (Å²) in [5, 5.41) is 10.4. The zero-order chi connectivity index (χ0) is 22.5. The summed E-state index contributed by atoms with van der Waals surface area (Å²) in [6.07, 6.45) is 1.66. The van der Waals surface area contributed by atoms with E-state index in [0.717, 1.165) is 27.8 Å². The third-order valence-electron chi connectivity index (χ3n) is 4.77. The highest BCUT2D eigenvalue weighted by molar-refractivity contribution is 8.18. The fraction of sp³-hybridized carbons (Fsp3) is 0.0833. The Hall–Kier alpha value is -3.91. The van der Waals surface area contributed by atoms with E-state index in [0.29, 0.717) is 22.8 Å². The van der Waals surface area contributed by atoms with Crippen molar-refractivity contribution in [3.05, 3.63) is 111 Å². The van der Waals surface area contributed by atoms with Crippen LogP contribution in [0.15, 0.2) is 83.8 Å². The van der Waals surface area contributed by atoms with Crippen LogP contribution in [-0.2, 0) is 17.9 Å². The van der Waals surface area contributed by atoms with Gasteiger partial charge in [0.15, 0.2) is 0 Å². The van der Waals surface area contributed by atoms with Crippen LogP contribution in [0.1, 0.15) is 16.7 Å². The smallest absolute Gasteiger partial charge is 0.293 e. The summed E-state index contributed by atoms with van der Waals surface area (Å²) in [4.78, 5) is 36.9. The van der Waals surface area contributed by atoms with Gasteiger partial charge in [-0.05, 0) is 46.7 Å². The molecule has 0 radical (unpaired) electrons. The van der Waals surface area contributed by atoms with Gasteiger partial charge in [0.2, 0.25) is 0 Å². The second-order valence-electron chi connectivity index (χ2n) is 7.04. The third kappa shape index (κ3) is 5.04. The lowest BCUT2D eigenvalue weighted by molar-refractivity contribution is -0.384. The molecule has 0 bridgehead atoms. The van der Waals surface area contributed by atoms with Crippen LogP contribution in [0, 0.1) is 10.1 Å². The van der Waals surface area contributed by atoms with Gasteiger partial charge >= 0.3 is 0 Å². The topological polar surface area (TPSA) is 89.8 Å². The minimum Gasteiger partial charge on any atom is -0.489 e. The van der Waals surface area contributed by atoms with Crippen LogP contribution in [0.3, 0.4) is 0 Å². The predicted molar refractivity (Wildman–Crippen MR) is 122 cm³/mol. The van der Waals surface area contributed by atoms with Crippen LogP contribution >= 0.6 is 11.8 Å². The quantitative estimate of drug-likeness (QED) is 0.274. The summed E-state index contributed by atoms with van der Waals surface area (Å²) < 4.78 is 5.83. The highest BCUT2D eigenvalue weighted by Crippen LogP contribution is 2.34. The molecule has 0 saturated carbocycles. The number of non-ortho nitro benzene ring substituents is 1. The number of nitro benzene ring substituents is 1. The molecule has 1 heterocycles. The van der Waals surface area contributed by atoms with Gasteiger partial charge in [-0.15, -0.1) is 0 Å². The highest BCUT2D eigenvalue weighted by atomic mass is 32.2. The Bertz CT molecular complexity index is 1190. The zero-order valence-corrected chi connectivity index (χ0v) is 17.7. The molecule has 0 unspecified atom stereocenters. The lowest BCUT2D eigenvalue weighted by atomic mass is 10.2. The Morgan fingerprint density at radius 2 is 1.69 bits per heavy atom. The molecule has 4 rings (SSSR count). The molecular formula is C24H18N2O5S. The molecule has 0 atom stereocenters. The molecule has 3 aromatic rings. The number of benzene rings is 3. The van der Waals surface area contributed by atoms with Crippen LogP contribution in [0.5, 0.6) is 5.75 Å². The first-order valence-corrected chi connectivity index (χ1v) is 10.6. The molecule has 1 aliphatic rings. The summed E-state index contributed by atoms with van der Waals surface area (Å²) >= 11 is 0.869. The number of carbonyl (C=O) groups excluding carboxylic acids is 2. The molecule has 1 saturated heterocycles. The largest absolute Gasteiger partial charge is 0.489 e. The van der Waals surface area contributed by atoms with Crippen molar-refractivity contribution in [1.29, 1.82) is 0 Å². The molecule has 3 aromatic carbocycles. The first kappa shape index (κ1) is 21.3. The van der Waals surface area contributed by atoms with Crippen molar-refractivity contribution in [3.63, 3.8) is 0 Å². The molecule has 0 aliphatic carbocycles. The van der Waals surface area contributed by atoms with Crippen LogP contribution in [-0.4, -0.2) is 21.0 Å². The minimum atomic E-state index is -0.496. The van der Waals surface area contributed by atoms with Crippen molar-refractivity contribution in [2.45, 2.75) is 13.2 Å². The SMILES string of the molecule is O=C1S/C(=C\c2cccc(OCc3ccccc3)c2)C(=O)N1Cc1ccc([N+](=O)[O-])cc1. The van der Waals surface area contributed by atoms with E-state index < -0.39 is 10.8 Å². The number of rotatable bonds is 7. The Balaban J connectivity index is 1.44. The number of hydrogen-bond acceptors (Lipinski definition) is 6. The number of nitrogens with zero attached hydrogens (tertiary/aromatic N) is 2. The summed E-state index contributed by atoms with van der Waals surface area (Å²) in [5.41, 5.74) is 2.38. The van der Waals surface area contributed by atoms with Crippen molar-refractivity contribution in [2.24, 2.45) is 0 Å². The van der Waals surface area contributed by atoms with Gasteiger partial charge in [0.05, 0.1) is 16.4 Å². The molecule has 8 heteroatoms. The standard InChI is InChI=1S/C24H18N2O5S/c27-23-22(32-24(28)25(23)15-17-9-11-20(12-10-17)26(29)30)14-19-7-4-8-21(13-19)31-16-18-5-2-1-3-6-18/h1-14H,15-16H2/b22-14-. The number of nitro groups is 1. The summed E-state index contributed by atoms with van der Waals surface area (Å²) in [7, 11) is 0. The molecule has 0 spiro atoms. The second kappa shape index (κ2) is 9.49. The Morgan fingerprint density at radius 1 is 0.938 bits per heavy atom. The lowest BCUT2D eigenvalue weighted by Gasteiger charge is -2.12. The number of carbonyl (C=O) groups is 2. The van der Waals surface area contributed by atoms with E-state index in [9.17, 15) is 19.7 Å². The average Bonchev–Trinajstić information content (AvgIpc) is 3.06. The molecule has 32 heavy (non-hydrogen) atoms. The van der Waals surface area contributed by atoms with Gasteiger partial charge in [-0.2, -0.15) is 0 Å². The van der Waals surface area contributed by atoms with Crippen LogP contribution in [0.25, 0.3) is 6.08 Å². The van der Waals surface area contributed by atoms with E-state index in [-0.39, 0.29) is 17.5 Å². The van der Waals surface area contributed by atoms with Crippen LogP contribution in [0.4, 0.5) is 10.5 Å². The van der Waals surface area contributed by atoms with Crippen molar-refractivity contribution in [2.75, 3.05) is 0 Å². The predicted octanol–water partition coefficient (Wildman–Crippen LogP) is 5.41. The van der Waals surface area contributed by atoms with E-state index in [2.05, 4.69) is 0 Å². The van der Waals surface area contributed by atoms with Gasteiger partial charge in [0.1, 0.15) is 12.4 Å². The lowest BCUT2D eigenvalue weighted by Crippen LogP contribution is -2.27. The van der Waals surface area contributed by atoms with E-state index in [1.807, 2.05) is 54.6 Å². The van der Waals surface area contributed by atoms with Gasteiger partial charge in [-0.3, -0.25) is 24.6 Å². The van der Waals surface area contributed by atoms with E-state index in [1.165, 1.54) is 12.1 Å². The molecule has 1 aliphatic heterocycles. The number of hydrogen-bond donors (Lipinski definition) is 0. The molecule has 160 valence electrons. The van der Waals surface area contributed by atoms with Crippen molar-refractivity contribution in [3.8, 4) is 5.75 Å². The summed E-state index contributed by atoms with van der Waals surface area (Å²) in [6, 6.07) is 22.9. The summed E-state index contributed by atoms with van der Waals surface area (Å²) in [6.45, 7) is 0.482. The van der Waals surface area contributed by atoms with Crippen LogP contribution < -0.4 is 4.74 Å². The van der Waals surface area contributed by atoms with Crippen molar-refractivity contribution >= 4 is 34.7 Å². The Kier molecular flexibility index (Phi) is 6.32. The Labute approximate surface area is 188 Å². The first-order chi connectivity index (χ1) is 15.5. The maximum Gasteiger partial charge on any atom is 0.293 e. The Morgan fingerprint density at radius 3 is 2.41 bits per heavy atom. The van der Waals surface area contributed by atoms with Gasteiger partial charge in [-0.1, -0.05) is 54.6 Å². The molecule has 1 fully saturated rings. The van der Waals surface area contributed by atoms with E-state index >= 15 is 0 Å². The van der Waals surface area contributed by atoms with Crippen molar-refractivity contribution < 1.29 is 19.2 Å². The number of thioether (sulfide) groups is 1. The third-order valence-corrected chi connectivity index (χ3v) is 5.67. The number of ether oxygens (including phenoxy) is 1. The number of imide groups is 1. The zero-order valence-electron chi connectivity index (χ0n) is 16.8. The molecule has 0 aromatic heterocycles. The molecule has 2 amide bonds. The average molecular weight is 446 g/mol. The van der Waals surface area contributed by atoms with Gasteiger partial charge in [0, 0.05) is 12.1 Å². The number of amides is 2. The monoisotopic (exact) mass is 446 g/mol. The maximum atomic E-state index is 12.8.